The van der Waals surface area contributed by atoms with Crippen molar-refractivity contribution in [3.05, 3.63) is 33.4 Å². The van der Waals surface area contributed by atoms with E-state index in [0.717, 1.165) is 29.5 Å². The molecule has 0 spiro atoms. The second-order valence-corrected chi connectivity index (χ2v) is 7.16. The third-order valence-electron chi connectivity index (χ3n) is 3.78. The van der Waals surface area contributed by atoms with Gasteiger partial charge in [0.15, 0.2) is 5.16 Å². The Labute approximate surface area is 135 Å². The van der Waals surface area contributed by atoms with Crippen molar-refractivity contribution in [1.82, 2.24) is 24.7 Å². The van der Waals surface area contributed by atoms with Crippen LogP contribution in [-0.4, -0.2) is 24.7 Å². The molecule has 0 amide bonds. The lowest BCUT2D eigenvalue weighted by Crippen LogP contribution is -2.10. The van der Waals surface area contributed by atoms with Gasteiger partial charge in [-0.2, -0.15) is 0 Å². The first-order valence-corrected chi connectivity index (χ1v) is 9.19. The third-order valence-corrected chi connectivity index (χ3v) is 5.66. The summed E-state index contributed by atoms with van der Waals surface area (Å²) in [5.41, 5.74) is 0.708. The molecule has 1 N–H and O–H groups in total. The molecule has 0 aliphatic carbocycles. The fourth-order valence-electron chi connectivity index (χ4n) is 2.69. The number of aromatic nitrogens is 5. The SMILES string of the molecule is O=c1[nH]c(CSc2nnc3n2CCCCC3)nc2ccsc12. The van der Waals surface area contributed by atoms with Crippen LogP contribution >= 0.6 is 23.1 Å². The van der Waals surface area contributed by atoms with Gasteiger partial charge in [0.25, 0.3) is 5.56 Å². The highest BCUT2D eigenvalue weighted by molar-refractivity contribution is 7.98. The molecule has 0 saturated heterocycles. The highest BCUT2D eigenvalue weighted by atomic mass is 32.2. The molecule has 114 valence electrons. The molecular formula is C14H15N5OS2. The normalized spacial score (nSPS) is 14.9. The summed E-state index contributed by atoms with van der Waals surface area (Å²) in [5, 5.41) is 11.4. The molecule has 3 aromatic rings. The second-order valence-electron chi connectivity index (χ2n) is 5.30. The largest absolute Gasteiger partial charge is 0.309 e. The first kappa shape index (κ1) is 14.0. The first-order chi connectivity index (χ1) is 10.8. The second kappa shape index (κ2) is 5.85. The molecule has 6 nitrogen and oxygen atoms in total. The third kappa shape index (κ3) is 2.56. The molecule has 1 aliphatic rings. The maximum Gasteiger partial charge on any atom is 0.268 e. The number of fused-ring (bicyclic) bond motifs is 2. The molecule has 0 atom stereocenters. The molecule has 4 heterocycles. The average molecular weight is 333 g/mol. The number of H-pyrrole nitrogens is 1. The number of nitrogens with one attached hydrogen (secondary N) is 1. The maximum atomic E-state index is 12.0. The van der Waals surface area contributed by atoms with Gasteiger partial charge in [-0.05, 0) is 24.3 Å². The van der Waals surface area contributed by atoms with Crippen molar-refractivity contribution in [2.75, 3.05) is 0 Å². The maximum absolute atomic E-state index is 12.0. The van der Waals surface area contributed by atoms with E-state index in [1.54, 1.807) is 11.8 Å². The van der Waals surface area contributed by atoms with Gasteiger partial charge in [0, 0.05) is 13.0 Å². The topological polar surface area (TPSA) is 76.5 Å². The lowest BCUT2D eigenvalue weighted by atomic mass is 10.2. The van der Waals surface area contributed by atoms with Crippen molar-refractivity contribution in [3.63, 3.8) is 0 Å². The lowest BCUT2D eigenvalue weighted by molar-refractivity contribution is 0.591. The Morgan fingerprint density at radius 3 is 3.23 bits per heavy atom. The smallest absolute Gasteiger partial charge is 0.268 e. The van der Waals surface area contributed by atoms with Crippen LogP contribution in [0.15, 0.2) is 21.4 Å². The molecule has 0 radical (unpaired) electrons. The van der Waals surface area contributed by atoms with Crippen LogP contribution in [0.3, 0.4) is 0 Å². The Hall–Kier alpha value is -1.67. The molecule has 1 aliphatic heterocycles. The molecule has 0 aromatic carbocycles. The minimum atomic E-state index is -0.0596. The fraction of sp³-hybridized carbons (Fsp3) is 0.429. The van der Waals surface area contributed by atoms with E-state index in [2.05, 4.69) is 24.7 Å². The zero-order valence-electron chi connectivity index (χ0n) is 11.9. The van der Waals surface area contributed by atoms with Gasteiger partial charge in [0.05, 0.1) is 11.3 Å². The average Bonchev–Trinajstić information content (AvgIpc) is 3.07. The van der Waals surface area contributed by atoms with Crippen molar-refractivity contribution in [2.24, 2.45) is 0 Å². The summed E-state index contributed by atoms with van der Waals surface area (Å²) in [7, 11) is 0. The Morgan fingerprint density at radius 1 is 1.32 bits per heavy atom. The summed E-state index contributed by atoms with van der Waals surface area (Å²) in [6.45, 7) is 0.984. The summed E-state index contributed by atoms with van der Waals surface area (Å²) < 4.78 is 2.89. The van der Waals surface area contributed by atoms with Gasteiger partial charge in [0.2, 0.25) is 0 Å². The van der Waals surface area contributed by atoms with Crippen LogP contribution in [0.1, 0.15) is 30.9 Å². The van der Waals surface area contributed by atoms with Gasteiger partial charge in [-0.3, -0.25) is 4.79 Å². The van der Waals surface area contributed by atoms with Crippen molar-refractivity contribution in [1.29, 1.82) is 0 Å². The van der Waals surface area contributed by atoms with Gasteiger partial charge in [-0.1, -0.05) is 18.2 Å². The summed E-state index contributed by atoms with van der Waals surface area (Å²) in [6, 6.07) is 1.88. The van der Waals surface area contributed by atoms with Crippen LogP contribution in [0, 0.1) is 0 Å². The minimum absolute atomic E-state index is 0.0596. The van der Waals surface area contributed by atoms with Crippen molar-refractivity contribution >= 4 is 33.3 Å². The highest BCUT2D eigenvalue weighted by Crippen LogP contribution is 2.24. The van der Waals surface area contributed by atoms with Crippen molar-refractivity contribution < 1.29 is 0 Å². The molecule has 22 heavy (non-hydrogen) atoms. The summed E-state index contributed by atoms with van der Waals surface area (Å²) in [6.07, 6.45) is 4.61. The van der Waals surface area contributed by atoms with E-state index in [1.807, 2.05) is 11.4 Å². The monoisotopic (exact) mass is 333 g/mol. The highest BCUT2D eigenvalue weighted by Gasteiger charge is 2.15. The van der Waals surface area contributed by atoms with Crippen LogP contribution in [-0.2, 0) is 18.7 Å². The van der Waals surface area contributed by atoms with E-state index in [-0.39, 0.29) is 5.56 Å². The summed E-state index contributed by atoms with van der Waals surface area (Å²) >= 11 is 3.00. The summed E-state index contributed by atoms with van der Waals surface area (Å²) in [5.74, 6) is 2.36. The number of aryl methyl sites for hydroxylation is 1. The number of hydrogen-bond acceptors (Lipinski definition) is 6. The fourth-order valence-corrected chi connectivity index (χ4v) is 4.27. The molecule has 0 saturated carbocycles. The number of nitrogens with zero attached hydrogens (tertiary/aromatic N) is 4. The van der Waals surface area contributed by atoms with Gasteiger partial charge < -0.3 is 9.55 Å². The number of thiophene rings is 1. The van der Waals surface area contributed by atoms with Crippen molar-refractivity contribution in [3.8, 4) is 0 Å². The zero-order valence-corrected chi connectivity index (χ0v) is 13.5. The number of thioether (sulfide) groups is 1. The lowest BCUT2D eigenvalue weighted by Gasteiger charge is -2.06. The Kier molecular flexibility index (Phi) is 3.71. The van der Waals surface area contributed by atoms with E-state index in [0.29, 0.717) is 16.3 Å². The first-order valence-electron chi connectivity index (χ1n) is 7.32. The Balaban J connectivity index is 1.57. The molecule has 8 heteroatoms. The molecule has 4 rings (SSSR count). The standard InChI is InChI=1S/C14H15N5OS2/c20-13-12-9(5-7-21-12)15-10(16-13)8-22-14-18-17-11-4-2-1-3-6-19(11)14/h5,7H,1-4,6,8H2,(H,15,16,20). The predicted octanol–water partition coefficient (Wildman–Crippen LogP) is 2.59. The van der Waals surface area contributed by atoms with E-state index in [9.17, 15) is 4.79 Å². The molecular weight excluding hydrogens is 318 g/mol. The van der Waals surface area contributed by atoms with Crippen molar-refractivity contribution in [2.45, 2.75) is 43.1 Å². The van der Waals surface area contributed by atoms with Gasteiger partial charge in [0.1, 0.15) is 16.3 Å². The molecule has 3 aromatic heterocycles. The van der Waals surface area contributed by atoms with Crippen LogP contribution in [0.2, 0.25) is 0 Å². The molecule has 0 fully saturated rings. The van der Waals surface area contributed by atoms with E-state index < -0.39 is 0 Å². The van der Waals surface area contributed by atoms with E-state index in [4.69, 9.17) is 0 Å². The van der Waals surface area contributed by atoms with Gasteiger partial charge >= 0.3 is 0 Å². The zero-order chi connectivity index (χ0) is 14.9. The number of rotatable bonds is 3. The van der Waals surface area contributed by atoms with Gasteiger partial charge in [-0.25, -0.2) is 4.98 Å². The van der Waals surface area contributed by atoms with Crippen LogP contribution in [0.25, 0.3) is 10.2 Å². The van der Waals surface area contributed by atoms with E-state index >= 15 is 0 Å². The predicted molar refractivity (Wildman–Crippen MR) is 87.4 cm³/mol. The van der Waals surface area contributed by atoms with E-state index in [1.165, 1.54) is 30.6 Å². The Morgan fingerprint density at radius 2 is 2.27 bits per heavy atom. The number of aromatic amines is 1. The van der Waals surface area contributed by atoms with Gasteiger partial charge in [-0.15, -0.1) is 21.5 Å². The van der Waals surface area contributed by atoms with Crippen LogP contribution < -0.4 is 5.56 Å². The Bertz CT molecular complexity index is 866. The quantitative estimate of drug-likeness (QED) is 0.746. The van der Waals surface area contributed by atoms with Crippen LogP contribution in [0.4, 0.5) is 0 Å². The van der Waals surface area contributed by atoms with Crippen LogP contribution in [0.5, 0.6) is 0 Å². The number of hydrogen-bond donors (Lipinski definition) is 1. The molecule has 0 bridgehead atoms. The molecule has 0 unspecified atom stereocenters. The minimum Gasteiger partial charge on any atom is -0.309 e. The summed E-state index contributed by atoms with van der Waals surface area (Å²) in [4.78, 5) is 19.3.